The molecule has 1 aromatic heterocycles. The monoisotopic (exact) mass is 279 g/mol. The van der Waals surface area contributed by atoms with E-state index in [2.05, 4.69) is 16.8 Å². The van der Waals surface area contributed by atoms with Gasteiger partial charge in [0.05, 0.1) is 11.8 Å². The molecule has 20 heavy (non-hydrogen) atoms. The van der Waals surface area contributed by atoms with Crippen LogP contribution in [0, 0.1) is 0 Å². The molecule has 0 spiro atoms. The van der Waals surface area contributed by atoms with Crippen molar-refractivity contribution in [2.24, 2.45) is 0 Å². The minimum Gasteiger partial charge on any atom is -0.470 e. The molecule has 1 atom stereocenters. The van der Waals surface area contributed by atoms with Gasteiger partial charge in [0.2, 0.25) is 5.88 Å². The number of nitrogen functional groups attached to an aromatic ring is 1. The van der Waals surface area contributed by atoms with Crippen LogP contribution in [0.15, 0.2) is 12.1 Å². The van der Waals surface area contributed by atoms with Crippen molar-refractivity contribution in [3.05, 3.63) is 12.1 Å². The Balaban J connectivity index is 2.21. The molecule has 1 aliphatic rings. The van der Waals surface area contributed by atoms with Gasteiger partial charge in [-0.3, -0.25) is 0 Å². The summed E-state index contributed by atoms with van der Waals surface area (Å²) in [5.41, 5.74) is 6.22. The summed E-state index contributed by atoms with van der Waals surface area (Å²) in [6.07, 6.45) is 1.22. The van der Waals surface area contributed by atoms with E-state index in [0.717, 1.165) is 31.9 Å². The summed E-state index contributed by atoms with van der Waals surface area (Å²) < 4.78 is 11.5. The third kappa shape index (κ3) is 4.00. The molecule has 1 saturated heterocycles. The van der Waals surface area contributed by atoms with Crippen LogP contribution in [0.2, 0.25) is 0 Å². The minimum atomic E-state index is -0.311. The SMILES string of the molecule is CC1CN(c2ccc(N)c(OC(C)(C)C)n2)CCCO1. The maximum atomic E-state index is 5.95. The predicted molar refractivity (Wildman–Crippen MR) is 81.3 cm³/mol. The summed E-state index contributed by atoms with van der Waals surface area (Å²) in [4.78, 5) is 6.81. The van der Waals surface area contributed by atoms with Crippen molar-refractivity contribution >= 4 is 11.5 Å². The van der Waals surface area contributed by atoms with Crippen molar-refractivity contribution in [3.63, 3.8) is 0 Å². The van der Waals surface area contributed by atoms with E-state index in [9.17, 15) is 0 Å². The lowest BCUT2D eigenvalue weighted by Crippen LogP contribution is -2.31. The molecule has 112 valence electrons. The number of pyridine rings is 1. The molecule has 2 rings (SSSR count). The first-order chi connectivity index (χ1) is 9.35. The van der Waals surface area contributed by atoms with E-state index >= 15 is 0 Å². The van der Waals surface area contributed by atoms with Gasteiger partial charge in [-0.15, -0.1) is 0 Å². The van der Waals surface area contributed by atoms with Crippen LogP contribution in [-0.4, -0.2) is 36.4 Å². The van der Waals surface area contributed by atoms with Crippen LogP contribution in [-0.2, 0) is 4.74 Å². The highest BCUT2D eigenvalue weighted by Crippen LogP contribution is 2.27. The first-order valence-corrected chi connectivity index (χ1v) is 7.17. The minimum absolute atomic E-state index is 0.212. The summed E-state index contributed by atoms with van der Waals surface area (Å²) in [6, 6.07) is 3.81. The van der Waals surface area contributed by atoms with Crippen molar-refractivity contribution in [1.82, 2.24) is 4.98 Å². The van der Waals surface area contributed by atoms with Gasteiger partial charge in [-0.25, -0.2) is 0 Å². The molecule has 0 radical (unpaired) electrons. The largest absolute Gasteiger partial charge is 0.470 e. The number of ether oxygens (including phenoxy) is 2. The molecular formula is C15H25N3O2. The lowest BCUT2D eigenvalue weighted by atomic mass is 10.2. The second-order valence-corrected chi connectivity index (χ2v) is 6.26. The number of rotatable bonds is 2. The van der Waals surface area contributed by atoms with Crippen molar-refractivity contribution < 1.29 is 9.47 Å². The quantitative estimate of drug-likeness (QED) is 0.901. The Hall–Kier alpha value is -1.49. The number of hydrogen-bond acceptors (Lipinski definition) is 5. The number of anilines is 2. The molecule has 0 aliphatic carbocycles. The fraction of sp³-hybridized carbons (Fsp3) is 0.667. The number of hydrogen-bond donors (Lipinski definition) is 1. The van der Waals surface area contributed by atoms with Gasteiger partial charge in [-0.2, -0.15) is 4.98 Å². The summed E-state index contributed by atoms with van der Waals surface area (Å²) in [5.74, 6) is 1.41. The van der Waals surface area contributed by atoms with E-state index in [1.807, 2.05) is 32.9 Å². The number of nitrogens with two attached hydrogens (primary N) is 1. The van der Waals surface area contributed by atoms with Gasteiger partial charge in [-0.1, -0.05) is 0 Å². The molecule has 0 bridgehead atoms. The molecule has 2 heterocycles. The Kier molecular flexibility index (Phi) is 4.38. The molecule has 2 N–H and O–H groups in total. The van der Waals surface area contributed by atoms with Gasteiger partial charge in [0.25, 0.3) is 0 Å². The Morgan fingerprint density at radius 3 is 2.85 bits per heavy atom. The Bertz CT molecular complexity index is 457. The van der Waals surface area contributed by atoms with Crippen molar-refractivity contribution in [2.45, 2.75) is 45.8 Å². The highest BCUT2D eigenvalue weighted by atomic mass is 16.5. The van der Waals surface area contributed by atoms with Crippen molar-refractivity contribution in [3.8, 4) is 5.88 Å². The van der Waals surface area contributed by atoms with Crippen molar-refractivity contribution in [2.75, 3.05) is 30.3 Å². The Morgan fingerprint density at radius 2 is 2.15 bits per heavy atom. The van der Waals surface area contributed by atoms with Gasteiger partial charge < -0.3 is 20.1 Å². The van der Waals surface area contributed by atoms with Crippen LogP contribution in [0.5, 0.6) is 5.88 Å². The molecule has 5 heteroatoms. The van der Waals surface area contributed by atoms with Crippen LogP contribution >= 0.6 is 0 Å². The molecular weight excluding hydrogens is 254 g/mol. The Morgan fingerprint density at radius 1 is 1.40 bits per heavy atom. The van der Waals surface area contributed by atoms with Gasteiger partial charge in [0, 0.05) is 19.7 Å². The lowest BCUT2D eigenvalue weighted by molar-refractivity contribution is 0.0820. The van der Waals surface area contributed by atoms with E-state index in [0.29, 0.717) is 11.6 Å². The highest BCUT2D eigenvalue weighted by molar-refractivity contribution is 5.54. The topological polar surface area (TPSA) is 60.6 Å². The second kappa shape index (κ2) is 5.87. The van der Waals surface area contributed by atoms with Crippen LogP contribution in [0.4, 0.5) is 11.5 Å². The second-order valence-electron chi connectivity index (χ2n) is 6.26. The summed E-state index contributed by atoms with van der Waals surface area (Å²) >= 11 is 0. The fourth-order valence-electron chi connectivity index (χ4n) is 2.19. The molecule has 1 aromatic rings. The van der Waals surface area contributed by atoms with E-state index in [1.165, 1.54) is 0 Å². The van der Waals surface area contributed by atoms with Crippen molar-refractivity contribution in [1.29, 1.82) is 0 Å². The molecule has 1 aliphatic heterocycles. The summed E-state index contributed by atoms with van der Waals surface area (Å²) in [6.45, 7) is 10.6. The van der Waals surface area contributed by atoms with Crippen LogP contribution in [0.1, 0.15) is 34.1 Å². The molecule has 1 unspecified atom stereocenters. The maximum absolute atomic E-state index is 5.95. The normalized spacial score (nSPS) is 20.6. The zero-order valence-electron chi connectivity index (χ0n) is 12.8. The average molecular weight is 279 g/mol. The van der Waals surface area contributed by atoms with E-state index < -0.39 is 0 Å². The molecule has 5 nitrogen and oxygen atoms in total. The van der Waals surface area contributed by atoms with Gasteiger partial charge >= 0.3 is 0 Å². The average Bonchev–Trinajstić information content (AvgIpc) is 2.55. The summed E-state index contributed by atoms with van der Waals surface area (Å²) in [7, 11) is 0. The highest BCUT2D eigenvalue weighted by Gasteiger charge is 2.19. The van der Waals surface area contributed by atoms with Gasteiger partial charge in [0.1, 0.15) is 11.4 Å². The molecule has 0 amide bonds. The van der Waals surface area contributed by atoms with Crippen LogP contribution in [0.3, 0.4) is 0 Å². The number of nitrogens with zero attached hydrogens (tertiary/aromatic N) is 2. The zero-order chi connectivity index (χ0) is 14.8. The van der Waals surface area contributed by atoms with Gasteiger partial charge in [0.15, 0.2) is 0 Å². The molecule has 0 saturated carbocycles. The first-order valence-electron chi connectivity index (χ1n) is 7.17. The number of aromatic nitrogens is 1. The van der Waals surface area contributed by atoms with Gasteiger partial charge in [-0.05, 0) is 46.2 Å². The standard InChI is InChI=1S/C15H25N3O2/c1-11-10-18(8-5-9-19-11)13-7-6-12(16)14(17-13)20-15(2,3)4/h6-7,11H,5,8-10,16H2,1-4H3. The molecule has 1 fully saturated rings. The third-order valence-corrected chi connectivity index (χ3v) is 3.05. The van der Waals surface area contributed by atoms with E-state index in [-0.39, 0.29) is 11.7 Å². The van der Waals surface area contributed by atoms with Crippen LogP contribution < -0.4 is 15.4 Å². The molecule has 0 aromatic carbocycles. The predicted octanol–water partition coefficient (Wildman–Crippen LogP) is 2.46. The lowest BCUT2D eigenvalue weighted by Gasteiger charge is -2.26. The zero-order valence-corrected chi connectivity index (χ0v) is 12.8. The van der Waals surface area contributed by atoms with E-state index in [4.69, 9.17) is 15.2 Å². The first kappa shape index (κ1) is 14.9. The van der Waals surface area contributed by atoms with E-state index in [1.54, 1.807) is 0 Å². The third-order valence-electron chi connectivity index (χ3n) is 3.05. The maximum Gasteiger partial charge on any atom is 0.239 e. The smallest absolute Gasteiger partial charge is 0.239 e. The Labute approximate surface area is 121 Å². The fourth-order valence-corrected chi connectivity index (χ4v) is 2.19. The summed E-state index contributed by atoms with van der Waals surface area (Å²) in [5, 5.41) is 0. The van der Waals surface area contributed by atoms with Crippen LogP contribution in [0.25, 0.3) is 0 Å².